The van der Waals surface area contributed by atoms with Crippen LogP contribution in [0.4, 0.5) is 0 Å². The van der Waals surface area contributed by atoms with Crippen LogP contribution in [-0.4, -0.2) is 25.5 Å². The van der Waals surface area contributed by atoms with Crippen molar-refractivity contribution in [3.05, 3.63) is 53.5 Å². The minimum Gasteiger partial charge on any atom is -0.335 e. The number of rotatable bonds is 4. The zero-order valence-corrected chi connectivity index (χ0v) is 13.0. The van der Waals surface area contributed by atoms with Crippen LogP contribution in [0.25, 0.3) is 5.65 Å². The van der Waals surface area contributed by atoms with E-state index in [1.165, 1.54) is 12.2 Å². The van der Waals surface area contributed by atoms with E-state index in [1.807, 2.05) is 35.1 Å². The van der Waals surface area contributed by atoms with Crippen LogP contribution in [0.5, 0.6) is 0 Å². The maximum absolute atomic E-state index is 6.06. The summed E-state index contributed by atoms with van der Waals surface area (Å²) < 4.78 is 4.31. The number of fused-ring (bicyclic) bond motifs is 2. The lowest BCUT2D eigenvalue weighted by molar-refractivity contribution is 0.347. The van der Waals surface area contributed by atoms with Gasteiger partial charge < -0.3 is 14.3 Å². The molecule has 3 aromatic heterocycles. The molecule has 0 saturated carbocycles. The van der Waals surface area contributed by atoms with Crippen molar-refractivity contribution in [2.24, 2.45) is 5.92 Å². The van der Waals surface area contributed by atoms with Gasteiger partial charge in [-0.1, -0.05) is 11.6 Å². The van der Waals surface area contributed by atoms with Crippen LogP contribution >= 0.6 is 11.6 Å². The second-order valence-corrected chi connectivity index (χ2v) is 6.29. The first-order chi connectivity index (χ1) is 10.8. The lowest BCUT2D eigenvalue weighted by atomic mass is 9.99. The third-order valence-corrected chi connectivity index (χ3v) is 4.54. The Morgan fingerprint density at radius 1 is 1.32 bits per heavy atom. The largest absolute Gasteiger partial charge is 0.335 e. The third kappa shape index (κ3) is 2.62. The smallest absolute Gasteiger partial charge is 0.137 e. The van der Waals surface area contributed by atoms with Crippen molar-refractivity contribution >= 4 is 17.2 Å². The molecule has 1 aliphatic rings. The van der Waals surface area contributed by atoms with Gasteiger partial charge in [-0.15, -0.1) is 0 Å². The summed E-state index contributed by atoms with van der Waals surface area (Å²) in [5.74, 6) is 1.87. The molecule has 1 N–H and O–H groups in total. The Balaban J connectivity index is 1.38. The van der Waals surface area contributed by atoms with Crippen molar-refractivity contribution < 1.29 is 0 Å². The molecule has 0 bridgehead atoms. The maximum atomic E-state index is 6.06. The van der Waals surface area contributed by atoms with Gasteiger partial charge in [-0.05, 0) is 24.5 Å². The zero-order chi connectivity index (χ0) is 14.9. The first kappa shape index (κ1) is 13.8. The van der Waals surface area contributed by atoms with E-state index in [2.05, 4.69) is 26.0 Å². The third-order valence-electron chi connectivity index (χ3n) is 4.32. The van der Waals surface area contributed by atoms with Gasteiger partial charge >= 0.3 is 0 Å². The first-order valence-corrected chi connectivity index (χ1v) is 7.99. The summed E-state index contributed by atoms with van der Waals surface area (Å²) in [7, 11) is 0. The molecule has 0 radical (unpaired) electrons. The molecular formula is C16H18ClN5. The van der Waals surface area contributed by atoms with Gasteiger partial charge in [0.05, 0.1) is 16.9 Å². The minimum atomic E-state index is 0.657. The van der Waals surface area contributed by atoms with E-state index in [9.17, 15) is 0 Å². The zero-order valence-electron chi connectivity index (χ0n) is 12.2. The molecule has 6 heteroatoms. The molecule has 1 aliphatic heterocycles. The number of nitrogens with one attached hydrogen (secondary N) is 1. The highest BCUT2D eigenvalue weighted by Gasteiger charge is 2.18. The van der Waals surface area contributed by atoms with Crippen LogP contribution in [0, 0.1) is 5.92 Å². The molecule has 0 fully saturated rings. The Hall–Kier alpha value is -1.85. The van der Waals surface area contributed by atoms with E-state index in [0.29, 0.717) is 5.92 Å². The number of hydrogen-bond donors (Lipinski definition) is 1. The van der Waals surface area contributed by atoms with Crippen molar-refractivity contribution in [2.45, 2.75) is 25.9 Å². The topological polar surface area (TPSA) is 47.2 Å². The molecule has 4 rings (SSSR count). The van der Waals surface area contributed by atoms with Gasteiger partial charge in [0.2, 0.25) is 0 Å². The first-order valence-electron chi connectivity index (χ1n) is 7.62. The van der Waals surface area contributed by atoms with Crippen molar-refractivity contribution in [1.82, 2.24) is 24.3 Å². The Morgan fingerprint density at radius 3 is 3.23 bits per heavy atom. The van der Waals surface area contributed by atoms with Crippen molar-refractivity contribution in [3.8, 4) is 0 Å². The van der Waals surface area contributed by atoms with Crippen LogP contribution in [0.2, 0.25) is 5.02 Å². The average Bonchev–Trinajstić information content (AvgIpc) is 3.13. The minimum absolute atomic E-state index is 0.657. The molecule has 0 aliphatic carbocycles. The Bertz CT molecular complexity index is 791. The molecule has 0 aromatic carbocycles. The van der Waals surface area contributed by atoms with Gasteiger partial charge in [0.25, 0.3) is 0 Å². The Labute approximate surface area is 134 Å². The van der Waals surface area contributed by atoms with Crippen LogP contribution in [-0.2, 0) is 19.5 Å². The molecule has 1 unspecified atom stereocenters. The summed E-state index contributed by atoms with van der Waals surface area (Å²) in [5.41, 5.74) is 2.07. The second kappa shape index (κ2) is 5.74. The summed E-state index contributed by atoms with van der Waals surface area (Å²) >= 11 is 6.06. The molecule has 114 valence electrons. The second-order valence-electron chi connectivity index (χ2n) is 5.86. The van der Waals surface area contributed by atoms with Gasteiger partial charge in [-0.3, -0.25) is 0 Å². The highest BCUT2D eigenvalue weighted by Crippen LogP contribution is 2.18. The molecule has 4 heterocycles. The summed E-state index contributed by atoms with van der Waals surface area (Å²) in [6.45, 7) is 2.86. The number of halogens is 1. The number of nitrogens with zero attached hydrogens (tertiary/aromatic N) is 4. The lowest BCUT2D eigenvalue weighted by Gasteiger charge is -2.24. The fourth-order valence-corrected chi connectivity index (χ4v) is 3.30. The lowest BCUT2D eigenvalue weighted by Crippen LogP contribution is -2.30. The quantitative estimate of drug-likeness (QED) is 0.805. The molecule has 0 amide bonds. The number of pyridine rings is 1. The SMILES string of the molecule is Clc1ccc2ncc(CNCC3CCc4nccn4C3)n2c1. The van der Waals surface area contributed by atoms with E-state index in [-0.39, 0.29) is 0 Å². The Kier molecular flexibility index (Phi) is 3.60. The molecule has 0 saturated heterocycles. The molecule has 3 aromatic rings. The molecule has 0 spiro atoms. The molecule has 5 nitrogen and oxygen atoms in total. The van der Waals surface area contributed by atoms with Crippen molar-refractivity contribution in [3.63, 3.8) is 0 Å². The van der Waals surface area contributed by atoms with Gasteiger partial charge in [-0.25, -0.2) is 9.97 Å². The van der Waals surface area contributed by atoms with E-state index in [4.69, 9.17) is 11.6 Å². The predicted octanol–water partition coefficient (Wildman–Crippen LogP) is 2.54. The summed E-state index contributed by atoms with van der Waals surface area (Å²) in [6, 6.07) is 3.80. The number of imidazole rings is 2. The summed E-state index contributed by atoms with van der Waals surface area (Å²) in [4.78, 5) is 8.77. The highest BCUT2D eigenvalue weighted by atomic mass is 35.5. The number of aryl methyl sites for hydroxylation is 1. The average molecular weight is 316 g/mol. The monoisotopic (exact) mass is 315 g/mol. The fourth-order valence-electron chi connectivity index (χ4n) is 3.14. The summed E-state index contributed by atoms with van der Waals surface area (Å²) in [5, 5.41) is 4.28. The standard InChI is InChI=1S/C16H18ClN5/c17-13-2-4-16-20-9-14(22(16)11-13)8-18-7-12-1-3-15-19-5-6-21(15)10-12/h2,4-6,9,11-12,18H,1,3,7-8,10H2. The molecule has 22 heavy (non-hydrogen) atoms. The van der Waals surface area contributed by atoms with Crippen molar-refractivity contribution in [2.75, 3.05) is 6.54 Å². The van der Waals surface area contributed by atoms with E-state index >= 15 is 0 Å². The van der Waals surface area contributed by atoms with Crippen LogP contribution in [0.1, 0.15) is 17.9 Å². The number of hydrogen-bond acceptors (Lipinski definition) is 3. The Morgan fingerprint density at radius 2 is 2.27 bits per heavy atom. The maximum Gasteiger partial charge on any atom is 0.137 e. The normalized spacial score (nSPS) is 17.8. The van der Waals surface area contributed by atoms with E-state index < -0.39 is 0 Å². The van der Waals surface area contributed by atoms with Crippen LogP contribution in [0.15, 0.2) is 36.9 Å². The summed E-state index contributed by atoms with van der Waals surface area (Å²) in [6.07, 6.45) is 10.1. The van der Waals surface area contributed by atoms with Gasteiger partial charge in [0.15, 0.2) is 0 Å². The highest BCUT2D eigenvalue weighted by molar-refractivity contribution is 6.30. The molecule has 1 atom stereocenters. The number of aromatic nitrogens is 4. The van der Waals surface area contributed by atoms with Crippen LogP contribution < -0.4 is 5.32 Å². The van der Waals surface area contributed by atoms with Gasteiger partial charge in [0, 0.05) is 44.6 Å². The fraction of sp³-hybridized carbons (Fsp3) is 0.375. The van der Waals surface area contributed by atoms with Gasteiger partial charge in [0.1, 0.15) is 11.5 Å². The molecular weight excluding hydrogens is 298 g/mol. The van der Waals surface area contributed by atoms with Gasteiger partial charge in [-0.2, -0.15) is 0 Å². The van der Waals surface area contributed by atoms with Crippen molar-refractivity contribution in [1.29, 1.82) is 0 Å². The van der Waals surface area contributed by atoms with Crippen LogP contribution in [0.3, 0.4) is 0 Å². The predicted molar refractivity (Wildman–Crippen MR) is 85.9 cm³/mol. The van der Waals surface area contributed by atoms with E-state index in [1.54, 1.807) is 0 Å². The van der Waals surface area contributed by atoms with E-state index in [0.717, 1.165) is 42.4 Å².